The third-order valence-electron chi connectivity index (χ3n) is 4.32. The third kappa shape index (κ3) is 4.68. The summed E-state index contributed by atoms with van der Waals surface area (Å²) in [5.74, 6) is -0.155. The molecule has 0 bridgehead atoms. The predicted molar refractivity (Wildman–Crippen MR) is 100 cm³/mol. The number of hydrogen-bond donors (Lipinski definition) is 1. The number of thiazole rings is 1. The van der Waals surface area contributed by atoms with E-state index in [0.29, 0.717) is 24.4 Å². The lowest BCUT2D eigenvalue weighted by molar-refractivity contribution is 0.0724. The van der Waals surface area contributed by atoms with Gasteiger partial charge in [0.05, 0.1) is 6.61 Å². The molecule has 0 saturated carbocycles. The lowest BCUT2D eigenvalue weighted by Gasteiger charge is -2.26. The summed E-state index contributed by atoms with van der Waals surface area (Å²) in [5, 5.41) is 5.35. The Kier molecular flexibility index (Phi) is 6.35. The van der Waals surface area contributed by atoms with Gasteiger partial charge in [0.1, 0.15) is 10.7 Å². The van der Waals surface area contributed by atoms with E-state index in [1.54, 1.807) is 12.5 Å². The average molecular weight is 373 g/mol. The number of hydrogen-bond acceptors (Lipinski definition) is 5. The first-order valence-electron chi connectivity index (χ1n) is 8.77. The van der Waals surface area contributed by atoms with Crippen LogP contribution in [0.5, 0.6) is 0 Å². The largest absolute Gasteiger partial charge is 0.378 e. The maximum Gasteiger partial charge on any atom is 0.271 e. The molecule has 2 aromatic rings. The molecule has 1 saturated heterocycles. The molecule has 138 valence electrons. The molecular weight excluding hydrogens is 350 g/mol. The molecule has 1 aliphatic heterocycles. The molecule has 1 N–H and O–H groups in total. The molecule has 0 unspecified atom stereocenters. The summed E-state index contributed by atoms with van der Waals surface area (Å²) in [6, 6.07) is 7.46. The van der Waals surface area contributed by atoms with Crippen molar-refractivity contribution in [2.75, 3.05) is 20.2 Å². The van der Waals surface area contributed by atoms with Crippen LogP contribution in [0.15, 0.2) is 29.6 Å². The first kappa shape index (κ1) is 18.5. The van der Waals surface area contributed by atoms with Crippen molar-refractivity contribution in [3.05, 3.63) is 51.5 Å². The van der Waals surface area contributed by atoms with Crippen molar-refractivity contribution >= 4 is 23.2 Å². The zero-order chi connectivity index (χ0) is 18.4. The van der Waals surface area contributed by atoms with Gasteiger partial charge in [-0.2, -0.15) is 0 Å². The molecule has 0 atom stereocenters. The summed E-state index contributed by atoms with van der Waals surface area (Å²) in [7, 11) is 1.60. The number of likely N-dealkylation sites (tertiary alicyclic amines) is 1. The lowest BCUT2D eigenvalue weighted by atomic mass is 10.1. The van der Waals surface area contributed by atoms with Crippen LogP contribution in [0.4, 0.5) is 0 Å². The van der Waals surface area contributed by atoms with Crippen molar-refractivity contribution < 1.29 is 14.3 Å². The van der Waals surface area contributed by atoms with Gasteiger partial charge in [-0.25, -0.2) is 4.98 Å². The molecule has 1 aromatic carbocycles. The van der Waals surface area contributed by atoms with E-state index >= 15 is 0 Å². The minimum absolute atomic E-state index is 0.0709. The summed E-state index contributed by atoms with van der Waals surface area (Å²) in [6.45, 7) is 2.41. The van der Waals surface area contributed by atoms with Crippen molar-refractivity contribution in [2.45, 2.75) is 32.4 Å². The molecule has 2 amide bonds. The van der Waals surface area contributed by atoms with Crippen LogP contribution in [0.3, 0.4) is 0 Å². The van der Waals surface area contributed by atoms with Crippen LogP contribution in [0.2, 0.25) is 0 Å². The van der Waals surface area contributed by atoms with Crippen LogP contribution in [0.1, 0.15) is 50.7 Å². The fourth-order valence-electron chi connectivity index (χ4n) is 2.97. The van der Waals surface area contributed by atoms with Crippen molar-refractivity contribution in [3.8, 4) is 0 Å². The molecule has 1 aliphatic rings. The van der Waals surface area contributed by atoms with Crippen LogP contribution in [0, 0.1) is 0 Å². The lowest BCUT2D eigenvalue weighted by Crippen LogP contribution is -2.35. The Hall–Kier alpha value is -2.25. The Bertz CT molecular complexity index is 769. The number of ether oxygens (including phenoxy) is 1. The number of aromatic nitrogens is 1. The van der Waals surface area contributed by atoms with E-state index in [-0.39, 0.29) is 11.8 Å². The van der Waals surface area contributed by atoms with Gasteiger partial charge in [0, 0.05) is 37.7 Å². The van der Waals surface area contributed by atoms with E-state index in [0.717, 1.165) is 36.5 Å². The summed E-state index contributed by atoms with van der Waals surface area (Å²) in [6.07, 6.45) is 3.33. The zero-order valence-corrected chi connectivity index (χ0v) is 15.7. The number of nitrogens with zero attached hydrogens (tertiary/aromatic N) is 2. The van der Waals surface area contributed by atoms with E-state index in [1.165, 1.54) is 17.8 Å². The fraction of sp³-hybridized carbons (Fsp3) is 0.421. The maximum absolute atomic E-state index is 12.6. The van der Waals surface area contributed by atoms with Gasteiger partial charge in [-0.05, 0) is 37.0 Å². The van der Waals surface area contributed by atoms with E-state index in [1.807, 2.05) is 29.2 Å². The van der Waals surface area contributed by atoms with Gasteiger partial charge in [0.25, 0.3) is 11.8 Å². The van der Waals surface area contributed by atoms with Gasteiger partial charge >= 0.3 is 0 Å². The molecule has 7 heteroatoms. The number of carbonyl (C=O) groups excluding carboxylic acids is 2. The van der Waals surface area contributed by atoms with Crippen molar-refractivity contribution in [1.82, 2.24) is 15.2 Å². The molecule has 2 heterocycles. The van der Waals surface area contributed by atoms with Crippen molar-refractivity contribution in [1.29, 1.82) is 0 Å². The van der Waals surface area contributed by atoms with E-state index in [2.05, 4.69) is 10.3 Å². The summed E-state index contributed by atoms with van der Waals surface area (Å²) >= 11 is 1.40. The number of benzene rings is 1. The van der Waals surface area contributed by atoms with Gasteiger partial charge in [0.15, 0.2) is 0 Å². The normalized spacial score (nSPS) is 14.3. The molecule has 0 spiro atoms. The van der Waals surface area contributed by atoms with Gasteiger partial charge in [-0.1, -0.05) is 12.1 Å². The van der Waals surface area contributed by atoms with E-state index in [4.69, 9.17) is 4.74 Å². The first-order chi connectivity index (χ1) is 12.7. The van der Waals surface area contributed by atoms with Crippen LogP contribution in [-0.2, 0) is 17.9 Å². The molecule has 1 aromatic heterocycles. The molecule has 0 radical (unpaired) electrons. The number of piperidine rings is 1. The van der Waals surface area contributed by atoms with Gasteiger partial charge in [0.2, 0.25) is 0 Å². The van der Waals surface area contributed by atoms with Gasteiger partial charge < -0.3 is 15.0 Å². The second-order valence-electron chi connectivity index (χ2n) is 6.30. The molecule has 3 rings (SSSR count). The Morgan fingerprint density at radius 3 is 2.85 bits per heavy atom. The Balaban J connectivity index is 1.59. The van der Waals surface area contributed by atoms with Crippen molar-refractivity contribution in [3.63, 3.8) is 0 Å². The summed E-state index contributed by atoms with van der Waals surface area (Å²) < 4.78 is 5.02. The van der Waals surface area contributed by atoms with Gasteiger partial charge in [-0.15, -0.1) is 11.3 Å². The second kappa shape index (κ2) is 8.91. The highest BCUT2D eigenvalue weighted by Gasteiger charge is 2.18. The van der Waals surface area contributed by atoms with Crippen LogP contribution in [0.25, 0.3) is 0 Å². The number of rotatable bonds is 6. The Morgan fingerprint density at radius 1 is 1.27 bits per heavy atom. The second-order valence-corrected chi connectivity index (χ2v) is 7.24. The minimum atomic E-state index is -0.226. The monoisotopic (exact) mass is 373 g/mol. The maximum atomic E-state index is 12.6. The van der Waals surface area contributed by atoms with Crippen molar-refractivity contribution in [2.24, 2.45) is 0 Å². The molecular formula is C19H23N3O3S. The summed E-state index contributed by atoms with van der Waals surface area (Å²) in [4.78, 5) is 31.0. The standard InChI is InChI=1S/C19H23N3O3S/c1-25-12-17-21-16(13-26-17)18(23)20-11-14-6-5-7-15(10-14)19(24)22-8-3-2-4-9-22/h5-7,10,13H,2-4,8-9,11-12H2,1H3,(H,20,23). The molecule has 1 fully saturated rings. The van der Waals surface area contributed by atoms with Crippen LogP contribution in [-0.4, -0.2) is 41.9 Å². The fourth-order valence-corrected chi connectivity index (χ4v) is 3.72. The van der Waals surface area contributed by atoms with E-state index in [9.17, 15) is 9.59 Å². The minimum Gasteiger partial charge on any atom is -0.378 e. The average Bonchev–Trinajstić information content (AvgIpc) is 3.15. The Morgan fingerprint density at radius 2 is 2.08 bits per heavy atom. The van der Waals surface area contributed by atoms with E-state index < -0.39 is 0 Å². The predicted octanol–water partition coefficient (Wildman–Crippen LogP) is 2.85. The van der Waals surface area contributed by atoms with Gasteiger partial charge in [-0.3, -0.25) is 9.59 Å². The highest BCUT2D eigenvalue weighted by Crippen LogP contribution is 2.15. The zero-order valence-electron chi connectivity index (χ0n) is 14.9. The topological polar surface area (TPSA) is 71.5 Å². The smallest absolute Gasteiger partial charge is 0.271 e. The van der Waals surface area contributed by atoms with Crippen LogP contribution < -0.4 is 5.32 Å². The Labute approximate surface area is 157 Å². The molecule has 0 aliphatic carbocycles. The number of carbonyl (C=O) groups is 2. The highest BCUT2D eigenvalue weighted by molar-refractivity contribution is 7.09. The summed E-state index contributed by atoms with van der Waals surface area (Å²) in [5.41, 5.74) is 1.96. The SMILES string of the molecule is COCc1nc(C(=O)NCc2cccc(C(=O)N3CCCCC3)c2)cs1. The third-order valence-corrected chi connectivity index (χ3v) is 5.14. The molecule has 6 nitrogen and oxygen atoms in total. The number of amides is 2. The van der Waals surface area contributed by atoms with Crippen LogP contribution >= 0.6 is 11.3 Å². The number of nitrogens with one attached hydrogen (secondary N) is 1. The highest BCUT2D eigenvalue weighted by atomic mass is 32.1. The molecule has 26 heavy (non-hydrogen) atoms. The number of methoxy groups -OCH3 is 1. The first-order valence-corrected chi connectivity index (χ1v) is 9.65. The quantitative estimate of drug-likeness (QED) is 0.845.